The summed E-state index contributed by atoms with van der Waals surface area (Å²) in [6, 6.07) is 10.4. The molecule has 1 heterocycles. The van der Waals surface area contributed by atoms with Crippen LogP contribution < -0.4 is 14.9 Å². The molecule has 0 bridgehead atoms. The molecule has 19 heavy (non-hydrogen) atoms. The molecule has 0 atom stereocenters. The SMILES string of the molecule is COc1ncccc1COc1ccccc1B(O)O. The third-order valence-corrected chi connectivity index (χ3v) is 2.62. The molecule has 1 aromatic carbocycles. The van der Waals surface area contributed by atoms with Crippen LogP contribution in [-0.2, 0) is 6.61 Å². The van der Waals surface area contributed by atoms with E-state index in [2.05, 4.69) is 4.98 Å². The van der Waals surface area contributed by atoms with Crippen molar-refractivity contribution in [1.29, 1.82) is 0 Å². The topological polar surface area (TPSA) is 71.8 Å². The Morgan fingerprint density at radius 3 is 2.68 bits per heavy atom. The molecule has 98 valence electrons. The predicted molar refractivity (Wildman–Crippen MR) is 71.4 cm³/mol. The first-order valence-electron chi connectivity index (χ1n) is 5.78. The third kappa shape index (κ3) is 3.24. The van der Waals surface area contributed by atoms with Gasteiger partial charge in [-0.05, 0) is 18.2 Å². The molecule has 5 nitrogen and oxygen atoms in total. The van der Waals surface area contributed by atoms with E-state index in [0.29, 0.717) is 17.1 Å². The van der Waals surface area contributed by atoms with E-state index in [4.69, 9.17) is 9.47 Å². The Balaban J connectivity index is 2.15. The van der Waals surface area contributed by atoms with Crippen LogP contribution in [0.25, 0.3) is 0 Å². The van der Waals surface area contributed by atoms with Gasteiger partial charge in [0.05, 0.1) is 12.7 Å². The van der Waals surface area contributed by atoms with Gasteiger partial charge in [-0.3, -0.25) is 0 Å². The third-order valence-electron chi connectivity index (χ3n) is 2.62. The second kappa shape index (κ2) is 6.22. The zero-order valence-electron chi connectivity index (χ0n) is 10.5. The molecular formula is C13H14BNO4. The van der Waals surface area contributed by atoms with E-state index in [9.17, 15) is 10.0 Å². The lowest BCUT2D eigenvalue weighted by Gasteiger charge is -2.12. The van der Waals surface area contributed by atoms with Crippen LogP contribution >= 0.6 is 0 Å². The summed E-state index contributed by atoms with van der Waals surface area (Å²) < 4.78 is 10.7. The van der Waals surface area contributed by atoms with E-state index < -0.39 is 7.12 Å². The lowest BCUT2D eigenvalue weighted by molar-refractivity contribution is 0.294. The minimum absolute atomic E-state index is 0.237. The molecule has 0 spiro atoms. The van der Waals surface area contributed by atoms with Gasteiger partial charge in [0.25, 0.3) is 0 Å². The predicted octanol–water partition coefficient (Wildman–Crippen LogP) is 0.349. The summed E-state index contributed by atoms with van der Waals surface area (Å²) in [4.78, 5) is 4.07. The largest absolute Gasteiger partial charge is 0.492 e. The van der Waals surface area contributed by atoms with Gasteiger partial charge in [0.2, 0.25) is 5.88 Å². The summed E-state index contributed by atoms with van der Waals surface area (Å²) in [6.45, 7) is 0.237. The fourth-order valence-corrected chi connectivity index (χ4v) is 1.70. The van der Waals surface area contributed by atoms with Gasteiger partial charge in [0, 0.05) is 11.7 Å². The lowest BCUT2D eigenvalue weighted by Crippen LogP contribution is -2.31. The number of para-hydroxylation sites is 1. The summed E-state index contributed by atoms with van der Waals surface area (Å²) in [5.74, 6) is 0.910. The van der Waals surface area contributed by atoms with Gasteiger partial charge in [0.1, 0.15) is 12.4 Å². The Kier molecular flexibility index (Phi) is 4.38. The van der Waals surface area contributed by atoms with Crippen LogP contribution in [0.1, 0.15) is 5.56 Å². The van der Waals surface area contributed by atoms with E-state index in [0.717, 1.165) is 5.56 Å². The highest BCUT2D eigenvalue weighted by Crippen LogP contribution is 2.16. The molecule has 1 aromatic heterocycles. The van der Waals surface area contributed by atoms with Gasteiger partial charge < -0.3 is 19.5 Å². The highest BCUT2D eigenvalue weighted by atomic mass is 16.5. The zero-order chi connectivity index (χ0) is 13.7. The Labute approximate surface area is 111 Å². The number of nitrogens with zero attached hydrogens (tertiary/aromatic N) is 1. The van der Waals surface area contributed by atoms with E-state index in [-0.39, 0.29) is 6.61 Å². The van der Waals surface area contributed by atoms with E-state index in [1.807, 2.05) is 6.07 Å². The molecule has 0 amide bonds. The maximum absolute atomic E-state index is 9.24. The molecule has 0 fully saturated rings. The Morgan fingerprint density at radius 1 is 1.16 bits per heavy atom. The first-order valence-corrected chi connectivity index (χ1v) is 5.78. The molecule has 0 radical (unpaired) electrons. The van der Waals surface area contributed by atoms with Crippen LogP contribution in [0.3, 0.4) is 0 Å². The molecule has 2 rings (SSSR count). The molecule has 0 aliphatic rings. The Hall–Kier alpha value is -2.05. The maximum atomic E-state index is 9.24. The Bertz CT molecular complexity index is 548. The van der Waals surface area contributed by atoms with Crippen molar-refractivity contribution in [3.8, 4) is 11.6 Å². The van der Waals surface area contributed by atoms with Crippen molar-refractivity contribution in [3.05, 3.63) is 48.2 Å². The number of methoxy groups -OCH3 is 1. The summed E-state index contributed by atoms with van der Waals surface area (Å²) in [5, 5.41) is 18.5. The van der Waals surface area contributed by atoms with Crippen molar-refractivity contribution >= 4 is 12.6 Å². The quantitative estimate of drug-likeness (QED) is 0.758. The number of pyridine rings is 1. The summed E-state index contributed by atoms with van der Waals surface area (Å²) >= 11 is 0. The van der Waals surface area contributed by atoms with Crippen LogP contribution in [0.2, 0.25) is 0 Å². The normalized spacial score (nSPS) is 10.1. The average Bonchev–Trinajstić information content (AvgIpc) is 2.45. The number of hydrogen-bond donors (Lipinski definition) is 2. The van der Waals surface area contributed by atoms with Gasteiger partial charge in [-0.1, -0.05) is 18.2 Å². The fraction of sp³-hybridized carbons (Fsp3) is 0.154. The summed E-state index contributed by atoms with van der Waals surface area (Å²) in [6.07, 6.45) is 1.63. The standard InChI is InChI=1S/C13H14BNO4/c1-18-13-10(5-4-8-15-13)9-19-12-7-3-2-6-11(12)14(16)17/h2-8,16-17H,9H2,1H3. The van der Waals surface area contributed by atoms with Gasteiger partial charge in [0.15, 0.2) is 0 Å². The molecule has 2 aromatic rings. The highest BCUT2D eigenvalue weighted by molar-refractivity contribution is 6.59. The van der Waals surface area contributed by atoms with Gasteiger partial charge in [-0.15, -0.1) is 0 Å². The van der Waals surface area contributed by atoms with Crippen LogP contribution in [0, 0.1) is 0 Å². The second-order valence-electron chi connectivity index (χ2n) is 3.87. The van der Waals surface area contributed by atoms with Crippen LogP contribution in [0.4, 0.5) is 0 Å². The molecule has 0 unspecified atom stereocenters. The summed E-state index contributed by atoms with van der Waals surface area (Å²) in [5.41, 5.74) is 1.11. The first kappa shape index (κ1) is 13.4. The van der Waals surface area contributed by atoms with E-state index in [1.165, 1.54) is 7.11 Å². The first-order chi connectivity index (χ1) is 9.22. The van der Waals surface area contributed by atoms with E-state index >= 15 is 0 Å². The average molecular weight is 259 g/mol. The number of rotatable bonds is 5. The van der Waals surface area contributed by atoms with Crippen LogP contribution in [0.5, 0.6) is 11.6 Å². The summed E-state index contributed by atoms with van der Waals surface area (Å²) in [7, 11) is -0.0240. The molecular weight excluding hydrogens is 245 g/mol. The minimum Gasteiger partial charge on any atom is -0.489 e. The number of ether oxygens (including phenoxy) is 2. The minimum atomic E-state index is -1.56. The molecule has 0 aliphatic carbocycles. The molecule has 0 saturated heterocycles. The molecule has 0 aliphatic heterocycles. The number of benzene rings is 1. The van der Waals surface area contributed by atoms with Crippen molar-refractivity contribution in [2.45, 2.75) is 6.61 Å². The van der Waals surface area contributed by atoms with Gasteiger partial charge in [-0.25, -0.2) is 4.98 Å². The molecule has 2 N–H and O–H groups in total. The van der Waals surface area contributed by atoms with Crippen molar-refractivity contribution in [2.24, 2.45) is 0 Å². The molecule has 0 saturated carbocycles. The second-order valence-corrected chi connectivity index (χ2v) is 3.87. The molecule has 6 heteroatoms. The zero-order valence-corrected chi connectivity index (χ0v) is 10.5. The van der Waals surface area contributed by atoms with Crippen molar-refractivity contribution in [1.82, 2.24) is 4.98 Å². The maximum Gasteiger partial charge on any atom is 0.492 e. The van der Waals surface area contributed by atoms with Crippen LogP contribution in [-0.4, -0.2) is 29.3 Å². The van der Waals surface area contributed by atoms with Crippen LogP contribution in [0.15, 0.2) is 42.6 Å². The monoisotopic (exact) mass is 259 g/mol. The highest BCUT2D eigenvalue weighted by Gasteiger charge is 2.16. The number of hydrogen-bond acceptors (Lipinski definition) is 5. The fourth-order valence-electron chi connectivity index (χ4n) is 1.70. The smallest absolute Gasteiger partial charge is 0.489 e. The van der Waals surface area contributed by atoms with Gasteiger partial charge in [-0.2, -0.15) is 0 Å². The van der Waals surface area contributed by atoms with Crippen molar-refractivity contribution in [3.63, 3.8) is 0 Å². The Morgan fingerprint density at radius 2 is 1.95 bits per heavy atom. The van der Waals surface area contributed by atoms with Crippen molar-refractivity contribution in [2.75, 3.05) is 7.11 Å². The number of aromatic nitrogens is 1. The van der Waals surface area contributed by atoms with Crippen molar-refractivity contribution < 1.29 is 19.5 Å². The van der Waals surface area contributed by atoms with E-state index in [1.54, 1.807) is 36.5 Å². The lowest BCUT2D eigenvalue weighted by atomic mass is 9.79. The van der Waals surface area contributed by atoms with Gasteiger partial charge >= 0.3 is 7.12 Å².